The van der Waals surface area contributed by atoms with Crippen LogP contribution in [0.15, 0.2) is 90.5 Å². The topological polar surface area (TPSA) is 113 Å². The molecule has 17 heteroatoms. The highest BCUT2D eigenvalue weighted by atomic mass is 35.5. The number of halogens is 7. The maximum atomic E-state index is 15.3. The van der Waals surface area contributed by atoms with Gasteiger partial charge >= 0.3 is 12.4 Å². The third-order valence-corrected chi connectivity index (χ3v) is 15.1. The number of carbonyl (C=O) groups excluding carboxylic acids is 4. The minimum absolute atomic E-state index is 0.0802. The van der Waals surface area contributed by atoms with Crippen LogP contribution >= 0.6 is 22.9 Å². The van der Waals surface area contributed by atoms with Gasteiger partial charge in [0.2, 0.25) is 23.6 Å². The van der Waals surface area contributed by atoms with Gasteiger partial charge in [-0.3, -0.25) is 23.9 Å². The molecule has 4 aromatic carbocycles. The summed E-state index contributed by atoms with van der Waals surface area (Å²) in [5.74, 6) is -9.02. The zero-order chi connectivity index (χ0) is 44.8. The number of hydrogen-bond donors (Lipinski definition) is 1. The van der Waals surface area contributed by atoms with Gasteiger partial charge in [-0.15, -0.1) is 11.3 Å². The van der Waals surface area contributed by atoms with E-state index < -0.39 is 87.8 Å². The van der Waals surface area contributed by atoms with Gasteiger partial charge in [0.25, 0.3) is 0 Å². The number of carbonyl (C=O) groups is 4. The Kier molecular flexibility index (Phi) is 8.96. The first-order valence-corrected chi connectivity index (χ1v) is 21.1. The van der Waals surface area contributed by atoms with Crippen LogP contribution in [0.2, 0.25) is 5.02 Å². The third kappa shape index (κ3) is 5.93. The minimum atomic E-state index is -5.24. The van der Waals surface area contributed by atoms with E-state index in [9.17, 15) is 41.0 Å². The van der Waals surface area contributed by atoms with Crippen LogP contribution in [0.5, 0.6) is 5.75 Å². The summed E-state index contributed by atoms with van der Waals surface area (Å²) in [6.45, 7) is 3.55. The molecule has 4 amide bonds. The van der Waals surface area contributed by atoms with Gasteiger partial charge in [0.1, 0.15) is 17.3 Å². The summed E-state index contributed by atoms with van der Waals surface area (Å²) in [5.41, 5.74) is -3.76. The van der Waals surface area contributed by atoms with Crippen molar-refractivity contribution in [1.29, 1.82) is 0 Å². The summed E-state index contributed by atoms with van der Waals surface area (Å²) >= 11 is 7.76. The van der Waals surface area contributed by atoms with Crippen molar-refractivity contribution in [2.24, 2.45) is 36.1 Å². The van der Waals surface area contributed by atoms with Crippen LogP contribution in [0.1, 0.15) is 47.9 Å². The van der Waals surface area contributed by atoms with Crippen molar-refractivity contribution in [1.82, 2.24) is 9.78 Å². The van der Waals surface area contributed by atoms with E-state index in [-0.39, 0.29) is 36.0 Å². The minimum Gasteiger partial charge on any atom is -0.507 e. The number of rotatable bonds is 4. The smallest absolute Gasteiger partial charge is 0.416 e. The molecule has 9 nitrogen and oxygen atoms in total. The van der Waals surface area contributed by atoms with Gasteiger partial charge in [0, 0.05) is 39.7 Å². The summed E-state index contributed by atoms with van der Waals surface area (Å²) in [5, 5.41) is 19.3. The zero-order valence-electron chi connectivity index (χ0n) is 33.3. The molecule has 63 heavy (non-hydrogen) atoms. The van der Waals surface area contributed by atoms with Crippen molar-refractivity contribution in [2.75, 3.05) is 9.80 Å². The quantitative estimate of drug-likeness (QED) is 0.107. The Hall–Kier alpha value is -6.00. The van der Waals surface area contributed by atoms with Gasteiger partial charge in [0.05, 0.1) is 44.9 Å². The monoisotopic (exact) mass is 902 g/mol. The number of benzene rings is 4. The third-order valence-electron chi connectivity index (χ3n) is 13.6. The van der Waals surface area contributed by atoms with Crippen LogP contribution in [0, 0.1) is 36.0 Å². The van der Waals surface area contributed by atoms with Gasteiger partial charge in [-0.2, -0.15) is 31.4 Å². The molecule has 2 aromatic heterocycles. The normalized spacial score (nSPS) is 25.0. The lowest BCUT2D eigenvalue weighted by Crippen LogP contribution is -2.49. The van der Waals surface area contributed by atoms with E-state index in [0.29, 0.717) is 44.1 Å². The highest BCUT2D eigenvalue weighted by molar-refractivity contribution is 7.22. The molecule has 10 rings (SSSR count). The molecule has 0 bridgehead atoms. The summed E-state index contributed by atoms with van der Waals surface area (Å²) in [4.78, 5) is 61.3. The Morgan fingerprint density at radius 2 is 1.52 bits per heavy atom. The van der Waals surface area contributed by atoms with E-state index in [1.54, 1.807) is 68.6 Å². The number of nitrogens with zero attached hydrogens (tertiary/aromatic N) is 4. The first-order chi connectivity index (χ1) is 29.7. The van der Waals surface area contributed by atoms with Crippen molar-refractivity contribution in [3.63, 3.8) is 0 Å². The first-order valence-electron chi connectivity index (χ1n) is 19.9. The number of amides is 4. The number of phenolic OH excluding ortho intramolecular Hbond substituents is 1. The van der Waals surface area contributed by atoms with E-state index in [0.717, 1.165) is 25.4 Å². The number of hydrogen-bond acceptors (Lipinski definition) is 7. The Bertz CT molecular complexity index is 3030. The van der Waals surface area contributed by atoms with E-state index in [1.165, 1.54) is 16.0 Å². The van der Waals surface area contributed by atoms with Gasteiger partial charge in [-0.1, -0.05) is 59.6 Å². The van der Waals surface area contributed by atoms with Crippen LogP contribution in [-0.2, 0) is 38.6 Å². The maximum Gasteiger partial charge on any atom is 0.416 e. The molecule has 0 radical (unpaired) electrons. The highest BCUT2D eigenvalue weighted by Crippen LogP contribution is 2.65. The predicted octanol–water partition coefficient (Wildman–Crippen LogP) is 10.6. The van der Waals surface area contributed by atoms with Crippen LogP contribution in [0.25, 0.3) is 31.4 Å². The predicted molar refractivity (Wildman–Crippen MR) is 223 cm³/mol. The number of fused-ring (bicyclic) bond motifs is 6. The fraction of sp³-hybridized carbons (Fsp3) is 0.283. The standard InChI is InChI=1S/C46H33ClF6N4O5S/c1-20-30-17-24(47)9-13-34(30)63-39(20)33-19-35(55(3)54-33)57-41(60)32-18-31-27(37(44(32,2)43(57)62)29-10-8-21-6-4-5-7-26(21)38(29)58)11-12-28-36(31)42(61)56(40(28)59)25-15-22(45(48,49)50)14-23(16-25)46(51,52)53/h4-11,13-17,19,28,31-32,36-37,58H,12,18H2,1-3H3. The van der Waals surface area contributed by atoms with Gasteiger partial charge < -0.3 is 5.11 Å². The van der Waals surface area contributed by atoms with Gasteiger partial charge in [0.15, 0.2) is 0 Å². The second-order valence-corrected chi connectivity index (χ2v) is 18.4. The Labute approximate surface area is 363 Å². The second kappa shape index (κ2) is 13.7. The molecule has 0 spiro atoms. The lowest BCUT2D eigenvalue weighted by Gasteiger charge is -2.49. The van der Waals surface area contributed by atoms with Crippen LogP contribution in [0.3, 0.4) is 0 Å². The SMILES string of the molecule is Cc1c(-c2cc(N3C(=O)C4CC5C(=CCC6C(=O)N(c7cc(C(F)(F)F)cc(C(F)(F)F)c7)C(=O)C65)C(c5ccc6ccccc6c5O)C4(C)C3=O)n(C)n2)sc2ccc(Cl)cc12. The van der Waals surface area contributed by atoms with Crippen molar-refractivity contribution in [3.05, 3.63) is 118 Å². The summed E-state index contributed by atoms with van der Waals surface area (Å²) in [6.07, 6.45) is -9.13. The molecule has 322 valence electrons. The van der Waals surface area contributed by atoms with E-state index in [2.05, 4.69) is 0 Å². The molecule has 4 aliphatic rings. The number of phenols is 1. The van der Waals surface area contributed by atoms with Crippen molar-refractivity contribution in [2.45, 2.75) is 45.0 Å². The molecule has 6 unspecified atom stereocenters. The summed E-state index contributed by atoms with van der Waals surface area (Å²) in [6, 6.07) is 18.1. The fourth-order valence-electron chi connectivity index (χ4n) is 10.6. The van der Waals surface area contributed by atoms with Crippen molar-refractivity contribution >= 4 is 78.9 Å². The number of alkyl halides is 6. The highest BCUT2D eigenvalue weighted by Gasteiger charge is 2.68. The van der Waals surface area contributed by atoms with Gasteiger partial charge in [-0.25, -0.2) is 9.80 Å². The van der Waals surface area contributed by atoms with E-state index >= 15 is 9.59 Å². The van der Waals surface area contributed by atoms with Crippen LogP contribution in [-0.4, -0.2) is 38.5 Å². The molecule has 2 aliphatic carbocycles. The lowest BCUT2D eigenvalue weighted by molar-refractivity contribution is -0.143. The summed E-state index contributed by atoms with van der Waals surface area (Å²) in [7, 11) is 1.60. The first kappa shape index (κ1) is 41.0. The average molecular weight is 903 g/mol. The molecule has 4 heterocycles. The molecular weight excluding hydrogens is 870 g/mol. The van der Waals surface area contributed by atoms with E-state index in [1.807, 2.05) is 19.1 Å². The maximum absolute atomic E-state index is 15.3. The molecule has 6 atom stereocenters. The summed E-state index contributed by atoms with van der Waals surface area (Å²) < 4.78 is 86.3. The number of aromatic hydroxyl groups is 1. The molecule has 2 saturated heterocycles. The Balaban J connectivity index is 1.10. The second-order valence-electron chi connectivity index (χ2n) is 16.9. The van der Waals surface area contributed by atoms with Gasteiger partial charge in [-0.05, 0) is 85.3 Å². The average Bonchev–Trinajstić information content (AvgIpc) is 3.90. The number of anilines is 2. The Morgan fingerprint density at radius 3 is 2.22 bits per heavy atom. The molecule has 1 saturated carbocycles. The van der Waals surface area contributed by atoms with Crippen molar-refractivity contribution in [3.8, 4) is 16.3 Å². The molecule has 2 aliphatic heterocycles. The largest absolute Gasteiger partial charge is 0.507 e. The molecule has 3 fully saturated rings. The number of allylic oxidation sites excluding steroid dienone is 2. The molecular formula is C46H33ClF6N4O5S. The number of thiophene rings is 1. The van der Waals surface area contributed by atoms with Crippen LogP contribution in [0.4, 0.5) is 37.8 Å². The van der Waals surface area contributed by atoms with Crippen LogP contribution < -0.4 is 9.80 Å². The van der Waals surface area contributed by atoms with Crippen molar-refractivity contribution < 1.29 is 50.6 Å². The van der Waals surface area contributed by atoms with E-state index in [4.69, 9.17) is 16.7 Å². The zero-order valence-corrected chi connectivity index (χ0v) is 34.9. The fourth-order valence-corrected chi connectivity index (χ4v) is 11.9. The number of aryl methyl sites for hydroxylation is 2. The Morgan fingerprint density at radius 1 is 0.825 bits per heavy atom. The number of imide groups is 2. The molecule has 6 aromatic rings. The molecule has 1 N–H and O–H groups in total. The lowest BCUT2D eigenvalue weighted by atomic mass is 9.51. The number of aromatic nitrogens is 2.